The molecule has 3 aromatic rings. The lowest BCUT2D eigenvalue weighted by Gasteiger charge is -2.17. The van der Waals surface area contributed by atoms with E-state index in [1.54, 1.807) is 53.1 Å². The van der Waals surface area contributed by atoms with Crippen LogP contribution >= 0.6 is 11.8 Å². The third-order valence-corrected chi connectivity index (χ3v) is 6.08. The van der Waals surface area contributed by atoms with E-state index in [4.69, 9.17) is 9.47 Å². The lowest BCUT2D eigenvalue weighted by molar-refractivity contribution is -0.113. The van der Waals surface area contributed by atoms with Crippen molar-refractivity contribution in [2.45, 2.75) is 17.7 Å². The number of ether oxygens (including phenoxy) is 2. The van der Waals surface area contributed by atoms with Gasteiger partial charge in [0.15, 0.2) is 11.0 Å². The summed E-state index contributed by atoms with van der Waals surface area (Å²) in [5, 5.41) is 24.2. The van der Waals surface area contributed by atoms with E-state index < -0.39 is 24.5 Å². The number of aromatic nitrogens is 3. The molecular formula is C25H27N5O6S. The maximum Gasteiger partial charge on any atom is 0.337 e. The third-order valence-electron chi connectivity index (χ3n) is 5.11. The van der Waals surface area contributed by atoms with Gasteiger partial charge >= 0.3 is 5.97 Å². The second-order valence-electron chi connectivity index (χ2n) is 7.59. The second-order valence-corrected chi connectivity index (χ2v) is 8.53. The molecule has 0 fully saturated rings. The molecule has 0 radical (unpaired) electrons. The largest absolute Gasteiger partial charge is 0.497 e. The third kappa shape index (κ3) is 7.18. The van der Waals surface area contributed by atoms with Crippen LogP contribution in [0.1, 0.15) is 32.6 Å². The fourth-order valence-electron chi connectivity index (χ4n) is 3.31. The SMILES string of the molecule is C=CCn1c(SCC(=O)Nc2cccc(C(=O)OC)c2)nnc1[C@@H](CO)NC(=O)c1ccc(OC)cc1. The van der Waals surface area contributed by atoms with Gasteiger partial charge in [0, 0.05) is 17.8 Å². The van der Waals surface area contributed by atoms with E-state index in [0.29, 0.717) is 40.1 Å². The number of nitrogens with one attached hydrogen (secondary N) is 2. The number of thioether (sulfide) groups is 1. The molecule has 2 aromatic carbocycles. The molecule has 0 aliphatic rings. The smallest absolute Gasteiger partial charge is 0.337 e. The van der Waals surface area contributed by atoms with E-state index in [-0.39, 0.29) is 11.7 Å². The van der Waals surface area contributed by atoms with Gasteiger partial charge in [0.25, 0.3) is 5.91 Å². The normalized spacial score (nSPS) is 11.3. The van der Waals surface area contributed by atoms with E-state index in [0.717, 1.165) is 11.8 Å². The highest BCUT2D eigenvalue weighted by molar-refractivity contribution is 7.99. The minimum Gasteiger partial charge on any atom is -0.497 e. The van der Waals surface area contributed by atoms with Crippen LogP contribution in [-0.2, 0) is 16.1 Å². The number of methoxy groups -OCH3 is 2. The Morgan fingerprint density at radius 1 is 1.14 bits per heavy atom. The van der Waals surface area contributed by atoms with Gasteiger partial charge in [-0.15, -0.1) is 16.8 Å². The highest BCUT2D eigenvalue weighted by Gasteiger charge is 2.23. The summed E-state index contributed by atoms with van der Waals surface area (Å²) in [4.78, 5) is 36.9. The maximum absolute atomic E-state index is 12.7. The first kappa shape index (κ1) is 27.4. The van der Waals surface area contributed by atoms with Crippen molar-refractivity contribution in [3.05, 3.63) is 78.1 Å². The van der Waals surface area contributed by atoms with Crippen LogP contribution in [0, 0.1) is 0 Å². The lowest BCUT2D eigenvalue weighted by atomic mass is 10.2. The Kier molecular flexibility index (Phi) is 9.81. The number of rotatable bonds is 12. The van der Waals surface area contributed by atoms with Crippen LogP contribution in [0.5, 0.6) is 5.75 Å². The molecule has 3 rings (SSSR count). The van der Waals surface area contributed by atoms with Crippen molar-refractivity contribution in [2.24, 2.45) is 0 Å². The van der Waals surface area contributed by atoms with Gasteiger partial charge in [-0.3, -0.25) is 9.59 Å². The van der Waals surface area contributed by atoms with Crippen molar-refractivity contribution in [3.63, 3.8) is 0 Å². The van der Waals surface area contributed by atoms with E-state index in [2.05, 4.69) is 27.4 Å². The fraction of sp³-hybridized carbons (Fsp3) is 0.240. The number of hydrogen-bond acceptors (Lipinski definition) is 9. The molecule has 37 heavy (non-hydrogen) atoms. The van der Waals surface area contributed by atoms with Gasteiger partial charge in [0.1, 0.15) is 11.8 Å². The zero-order chi connectivity index (χ0) is 26.8. The molecule has 1 aromatic heterocycles. The van der Waals surface area contributed by atoms with Crippen LogP contribution in [0.2, 0.25) is 0 Å². The van der Waals surface area contributed by atoms with Crippen molar-refractivity contribution in [1.29, 1.82) is 0 Å². The van der Waals surface area contributed by atoms with E-state index in [1.807, 2.05) is 0 Å². The van der Waals surface area contributed by atoms with Gasteiger partial charge < -0.3 is 29.8 Å². The Morgan fingerprint density at radius 3 is 2.54 bits per heavy atom. The van der Waals surface area contributed by atoms with Gasteiger partial charge in [-0.1, -0.05) is 23.9 Å². The number of benzene rings is 2. The van der Waals surface area contributed by atoms with Gasteiger partial charge in [-0.05, 0) is 42.5 Å². The van der Waals surface area contributed by atoms with Crippen LogP contribution in [-0.4, -0.2) is 64.2 Å². The number of carbonyl (C=O) groups excluding carboxylic acids is 3. The molecule has 11 nitrogen and oxygen atoms in total. The number of carbonyl (C=O) groups is 3. The fourth-order valence-corrected chi connectivity index (χ4v) is 4.06. The second kappa shape index (κ2) is 13.2. The Labute approximate surface area is 217 Å². The van der Waals surface area contributed by atoms with Crippen molar-refractivity contribution < 1.29 is 29.0 Å². The summed E-state index contributed by atoms with van der Waals surface area (Å²) in [6.07, 6.45) is 1.62. The Balaban J connectivity index is 1.68. The number of amides is 2. The molecule has 194 valence electrons. The molecule has 1 atom stereocenters. The number of hydrogen-bond donors (Lipinski definition) is 3. The summed E-state index contributed by atoms with van der Waals surface area (Å²) in [6, 6.07) is 12.1. The average Bonchev–Trinajstić information content (AvgIpc) is 3.32. The quantitative estimate of drug-likeness (QED) is 0.184. The van der Waals surface area contributed by atoms with Crippen molar-refractivity contribution in [3.8, 4) is 5.75 Å². The van der Waals surface area contributed by atoms with Crippen molar-refractivity contribution in [1.82, 2.24) is 20.1 Å². The predicted octanol–water partition coefficient (Wildman–Crippen LogP) is 2.45. The van der Waals surface area contributed by atoms with Gasteiger partial charge in [-0.2, -0.15) is 0 Å². The van der Waals surface area contributed by atoms with Crippen LogP contribution < -0.4 is 15.4 Å². The number of aliphatic hydroxyl groups is 1. The number of allylic oxidation sites excluding steroid dienone is 1. The topological polar surface area (TPSA) is 145 Å². The monoisotopic (exact) mass is 525 g/mol. The first-order valence-corrected chi connectivity index (χ1v) is 12.1. The maximum atomic E-state index is 12.7. The minimum atomic E-state index is -0.841. The van der Waals surface area contributed by atoms with Crippen LogP contribution in [0.25, 0.3) is 0 Å². The summed E-state index contributed by atoms with van der Waals surface area (Å²) < 4.78 is 11.5. The molecule has 12 heteroatoms. The molecule has 0 aliphatic heterocycles. The molecule has 0 aliphatic carbocycles. The summed E-state index contributed by atoms with van der Waals surface area (Å²) in [5.41, 5.74) is 1.15. The molecule has 0 spiro atoms. The highest BCUT2D eigenvalue weighted by Crippen LogP contribution is 2.22. The molecular weight excluding hydrogens is 498 g/mol. The highest BCUT2D eigenvalue weighted by atomic mass is 32.2. The van der Waals surface area contributed by atoms with Crippen LogP contribution in [0.3, 0.4) is 0 Å². The van der Waals surface area contributed by atoms with Crippen LogP contribution in [0.15, 0.2) is 66.3 Å². The Morgan fingerprint density at radius 2 is 1.89 bits per heavy atom. The Hall–Kier alpha value is -4.16. The van der Waals surface area contributed by atoms with Gasteiger partial charge in [0.2, 0.25) is 5.91 Å². The molecule has 3 N–H and O–H groups in total. The predicted molar refractivity (Wildman–Crippen MR) is 138 cm³/mol. The van der Waals surface area contributed by atoms with E-state index in [9.17, 15) is 19.5 Å². The number of anilines is 1. The zero-order valence-corrected chi connectivity index (χ0v) is 21.2. The molecule has 0 saturated carbocycles. The average molecular weight is 526 g/mol. The number of aliphatic hydroxyl groups excluding tert-OH is 1. The first-order chi connectivity index (χ1) is 17.9. The molecule has 2 amide bonds. The summed E-state index contributed by atoms with van der Waals surface area (Å²) >= 11 is 1.13. The van der Waals surface area contributed by atoms with Crippen molar-refractivity contribution >= 4 is 35.2 Å². The Bertz CT molecular complexity index is 1260. The molecule has 1 heterocycles. The number of esters is 1. The summed E-state index contributed by atoms with van der Waals surface area (Å²) in [6.45, 7) is 3.62. The van der Waals surface area contributed by atoms with Gasteiger partial charge in [0.05, 0.1) is 32.1 Å². The summed E-state index contributed by atoms with van der Waals surface area (Å²) in [7, 11) is 2.81. The van der Waals surface area contributed by atoms with E-state index in [1.165, 1.54) is 20.3 Å². The molecule has 0 unspecified atom stereocenters. The minimum absolute atomic E-state index is 0.000271. The molecule has 0 bridgehead atoms. The first-order valence-electron chi connectivity index (χ1n) is 11.1. The number of nitrogens with zero attached hydrogens (tertiary/aromatic N) is 3. The lowest BCUT2D eigenvalue weighted by Crippen LogP contribution is -2.33. The summed E-state index contributed by atoms with van der Waals surface area (Å²) in [5.74, 6) is -0.306. The van der Waals surface area contributed by atoms with Crippen LogP contribution in [0.4, 0.5) is 5.69 Å². The van der Waals surface area contributed by atoms with Gasteiger partial charge in [-0.25, -0.2) is 4.79 Å². The van der Waals surface area contributed by atoms with E-state index >= 15 is 0 Å². The molecule has 0 saturated heterocycles. The standard InChI is InChI=1S/C25H27N5O6S/c1-4-12-30-22(20(14-31)27-23(33)16-8-10-19(35-2)11-9-16)28-29-25(30)37-15-21(32)26-18-7-5-6-17(13-18)24(34)36-3/h4-11,13,20,31H,1,12,14-15H2,2-3H3,(H,26,32)(H,27,33)/t20-/m1/s1. The zero-order valence-electron chi connectivity index (χ0n) is 20.3. The van der Waals surface area contributed by atoms with Crippen molar-refractivity contribution in [2.75, 3.05) is 31.9 Å².